The Morgan fingerprint density at radius 3 is 2.62 bits per heavy atom. The Morgan fingerprint density at radius 2 is 2.06 bits per heavy atom. The minimum atomic E-state index is -1.13. The van der Waals surface area contributed by atoms with Gasteiger partial charge in [-0.05, 0) is 0 Å². The molecule has 16 heavy (non-hydrogen) atoms. The van der Waals surface area contributed by atoms with Crippen LogP contribution in [0, 0.1) is 0 Å². The lowest BCUT2D eigenvalue weighted by atomic mass is 10.1. The highest BCUT2D eigenvalue weighted by Gasteiger charge is 2.24. The first-order chi connectivity index (χ1) is 7.74. The molecule has 0 aliphatic carbocycles. The summed E-state index contributed by atoms with van der Waals surface area (Å²) in [6, 6.07) is 8.93. The number of carboxylic acids is 1. The molecule has 2 aromatic rings. The van der Waals surface area contributed by atoms with Crippen molar-refractivity contribution >= 4 is 5.97 Å². The van der Waals surface area contributed by atoms with E-state index in [-0.39, 0.29) is 17.2 Å². The second kappa shape index (κ2) is 4.06. The molecule has 1 heterocycles. The monoisotopic (exact) mass is 219 g/mol. The first-order valence-corrected chi connectivity index (χ1v) is 4.56. The van der Waals surface area contributed by atoms with E-state index in [1.807, 2.05) is 6.07 Å². The summed E-state index contributed by atoms with van der Waals surface area (Å²) in [5, 5.41) is 12.7. The van der Waals surface area contributed by atoms with E-state index in [1.54, 1.807) is 24.3 Å². The van der Waals surface area contributed by atoms with E-state index in [0.29, 0.717) is 5.56 Å². The van der Waals surface area contributed by atoms with E-state index in [2.05, 4.69) is 5.16 Å². The first kappa shape index (κ1) is 10.2. The Hall–Kier alpha value is -2.30. The van der Waals surface area contributed by atoms with E-state index in [0.717, 1.165) is 0 Å². The molecule has 1 N–H and O–H groups in total. The lowest BCUT2D eigenvalue weighted by molar-refractivity contribution is 0.0691. The summed E-state index contributed by atoms with van der Waals surface area (Å²) in [5.74, 6) is -1.22. The molecule has 1 aromatic carbocycles. The molecule has 2 rings (SSSR count). The van der Waals surface area contributed by atoms with Gasteiger partial charge in [-0.2, -0.15) is 0 Å². The summed E-state index contributed by atoms with van der Waals surface area (Å²) in [6.07, 6.45) is 0. The van der Waals surface area contributed by atoms with Crippen molar-refractivity contribution in [1.82, 2.24) is 5.16 Å². The van der Waals surface area contributed by atoms with Crippen LogP contribution >= 0.6 is 0 Å². The number of hydrogen-bond donors (Lipinski definition) is 1. The zero-order valence-corrected chi connectivity index (χ0v) is 8.51. The van der Waals surface area contributed by atoms with Gasteiger partial charge in [-0.25, -0.2) is 4.79 Å². The lowest BCUT2D eigenvalue weighted by Gasteiger charge is -1.97. The molecule has 0 radical (unpaired) electrons. The quantitative estimate of drug-likeness (QED) is 0.855. The molecule has 5 nitrogen and oxygen atoms in total. The maximum Gasteiger partial charge on any atom is 0.345 e. The van der Waals surface area contributed by atoms with Crippen LogP contribution in [0.1, 0.15) is 10.4 Å². The van der Waals surface area contributed by atoms with Crippen molar-refractivity contribution in [2.24, 2.45) is 0 Å². The average molecular weight is 219 g/mol. The van der Waals surface area contributed by atoms with Gasteiger partial charge < -0.3 is 14.4 Å². The fourth-order valence-corrected chi connectivity index (χ4v) is 1.40. The predicted octanol–water partition coefficient (Wildman–Crippen LogP) is 2.05. The van der Waals surface area contributed by atoms with Crippen LogP contribution in [-0.2, 0) is 0 Å². The minimum Gasteiger partial charge on any atom is -0.477 e. The number of carboxylic acid groups (broad SMARTS) is 1. The molecular weight excluding hydrogens is 210 g/mol. The number of methoxy groups -OCH3 is 1. The molecular formula is C11H9NO4. The van der Waals surface area contributed by atoms with E-state index >= 15 is 0 Å². The summed E-state index contributed by atoms with van der Waals surface area (Å²) in [6.45, 7) is 0. The number of benzene rings is 1. The van der Waals surface area contributed by atoms with Crippen molar-refractivity contribution in [3.05, 3.63) is 35.9 Å². The maximum absolute atomic E-state index is 11.1. The summed E-state index contributed by atoms with van der Waals surface area (Å²) in [4.78, 5) is 11.1. The van der Waals surface area contributed by atoms with Crippen LogP contribution in [0.3, 0.4) is 0 Å². The fraction of sp³-hybridized carbons (Fsp3) is 0.0909. The zero-order valence-electron chi connectivity index (χ0n) is 8.51. The Balaban J connectivity index is 2.58. The molecule has 0 aliphatic heterocycles. The molecule has 0 unspecified atom stereocenters. The van der Waals surface area contributed by atoms with Crippen LogP contribution in [0.5, 0.6) is 5.95 Å². The number of ether oxygens (including phenoxy) is 1. The molecule has 0 aliphatic rings. The third-order valence-electron chi connectivity index (χ3n) is 2.11. The Bertz CT molecular complexity index is 504. The second-order valence-corrected chi connectivity index (χ2v) is 3.07. The van der Waals surface area contributed by atoms with Gasteiger partial charge >= 0.3 is 11.9 Å². The summed E-state index contributed by atoms with van der Waals surface area (Å²) in [7, 11) is 1.34. The third kappa shape index (κ3) is 1.63. The minimum absolute atomic E-state index is 0.0614. The second-order valence-electron chi connectivity index (χ2n) is 3.07. The molecule has 0 spiro atoms. The number of aromatic nitrogens is 1. The van der Waals surface area contributed by atoms with Gasteiger partial charge in [0.05, 0.1) is 7.11 Å². The molecule has 1 aromatic heterocycles. The molecule has 0 saturated carbocycles. The Kier molecular flexibility index (Phi) is 2.59. The van der Waals surface area contributed by atoms with Crippen LogP contribution in [0.25, 0.3) is 11.3 Å². The SMILES string of the molecule is COc1onc(-c2ccccc2)c1C(=O)O. The van der Waals surface area contributed by atoms with Crippen molar-refractivity contribution < 1.29 is 19.2 Å². The van der Waals surface area contributed by atoms with Gasteiger partial charge in [0, 0.05) is 5.56 Å². The lowest BCUT2D eigenvalue weighted by Crippen LogP contribution is -1.99. The smallest absolute Gasteiger partial charge is 0.345 e. The van der Waals surface area contributed by atoms with Crippen LogP contribution in [0.2, 0.25) is 0 Å². The Labute approximate surface area is 91.3 Å². The highest BCUT2D eigenvalue weighted by molar-refractivity contribution is 5.96. The highest BCUT2D eigenvalue weighted by Crippen LogP contribution is 2.29. The van der Waals surface area contributed by atoms with Crippen LogP contribution < -0.4 is 4.74 Å². The highest BCUT2D eigenvalue weighted by atomic mass is 16.6. The number of carbonyl (C=O) groups is 1. The van der Waals surface area contributed by atoms with E-state index in [4.69, 9.17) is 14.4 Å². The van der Waals surface area contributed by atoms with Gasteiger partial charge in [0.2, 0.25) is 0 Å². The average Bonchev–Trinajstić information content (AvgIpc) is 2.73. The molecule has 0 fully saturated rings. The van der Waals surface area contributed by atoms with Gasteiger partial charge in [0.1, 0.15) is 5.69 Å². The largest absolute Gasteiger partial charge is 0.477 e. The van der Waals surface area contributed by atoms with Gasteiger partial charge in [-0.15, -0.1) is 0 Å². The molecule has 82 valence electrons. The predicted molar refractivity (Wildman–Crippen MR) is 55.5 cm³/mol. The molecule has 0 amide bonds. The van der Waals surface area contributed by atoms with Crippen molar-refractivity contribution in [2.75, 3.05) is 7.11 Å². The van der Waals surface area contributed by atoms with Crippen LogP contribution in [0.15, 0.2) is 34.9 Å². The standard InChI is InChI=1S/C11H9NO4/c1-15-11-8(10(13)14)9(12-16-11)7-5-3-2-4-6-7/h2-6H,1H3,(H,13,14). The van der Waals surface area contributed by atoms with E-state index in [1.165, 1.54) is 7.11 Å². The molecule has 5 heteroatoms. The number of nitrogens with zero attached hydrogens (tertiary/aromatic N) is 1. The van der Waals surface area contributed by atoms with E-state index < -0.39 is 5.97 Å². The van der Waals surface area contributed by atoms with Gasteiger partial charge in [0.15, 0.2) is 5.56 Å². The normalized spacial score (nSPS) is 10.1. The van der Waals surface area contributed by atoms with Gasteiger partial charge in [0.25, 0.3) is 0 Å². The zero-order chi connectivity index (χ0) is 11.5. The van der Waals surface area contributed by atoms with E-state index in [9.17, 15) is 4.79 Å². The topological polar surface area (TPSA) is 72.6 Å². The maximum atomic E-state index is 11.1. The first-order valence-electron chi connectivity index (χ1n) is 4.56. The van der Waals surface area contributed by atoms with Gasteiger partial charge in [-0.1, -0.05) is 35.5 Å². The van der Waals surface area contributed by atoms with Crippen LogP contribution in [0.4, 0.5) is 0 Å². The van der Waals surface area contributed by atoms with Crippen molar-refractivity contribution in [3.8, 4) is 17.2 Å². The third-order valence-corrected chi connectivity index (χ3v) is 2.11. The fourth-order valence-electron chi connectivity index (χ4n) is 1.40. The summed E-state index contributed by atoms with van der Waals surface area (Å²) >= 11 is 0. The summed E-state index contributed by atoms with van der Waals surface area (Å²) in [5.41, 5.74) is 0.880. The van der Waals surface area contributed by atoms with Gasteiger partial charge in [-0.3, -0.25) is 0 Å². The van der Waals surface area contributed by atoms with Crippen LogP contribution in [-0.4, -0.2) is 23.3 Å². The number of aromatic carboxylic acids is 1. The number of hydrogen-bond acceptors (Lipinski definition) is 4. The Morgan fingerprint density at radius 1 is 1.38 bits per heavy atom. The molecule has 0 atom stereocenters. The molecule has 0 bridgehead atoms. The van der Waals surface area contributed by atoms with Crippen molar-refractivity contribution in [2.45, 2.75) is 0 Å². The molecule has 0 saturated heterocycles. The number of rotatable bonds is 3. The van der Waals surface area contributed by atoms with Crippen molar-refractivity contribution in [1.29, 1.82) is 0 Å². The van der Waals surface area contributed by atoms with Crippen molar-refractivity contribution in [3.63, 3.8) is 0 Å². The summed E-state index contributed by atoms with van der Waals surface area (Å²) < 4.78 is 9.61.